The second-order valence-corrected chi connectivity index (χ2v) is 11.0. The number of amides is 2. The number of benzene rings is 1. The van der Waals surface area contributed by atoms with Gasteiger partial charge in [-0.3, -0.25) is 9.59 Å². The highest BCUT2D eigenvalue weighted by Gasteiger charge is 2.51. The van der Waals surface area contributed by atoms with Gasteiger partial charge in [-0.15, -0.1) is 10.2 Å². The fourth-order valence-corrected chi connectivity index (χ4v) is 7.13. The molecule has 0 aliphatic heterocycles. The molecule has 2 N–H and O–H groups in total. The molecule has 1 aromatic carbocycles. The Morgan fingerprint density at radius 3 is 2.38 bits per heavy atom. The Hall–Kier alpha value is -2.35. The van der Waals surface area contributed by atoms with Crippen molar-refractivity contribution in [3.8, 4) is 0 Å². The third-order valence-electron chi connectivity index (χ3n) is 7.44. The van der Waals surface area contributed by atoms with E-state index >= 15 is 0 Å². The Labute approximate surface area is 193 Å². The summed E-state index contributed by atoms with van der Waals surface area (Å²) >= 11 is 1.38. The predicted molar refractivity (Wildman–Crippen MR) is 124 cm³/mol. The molecular weight excluding hydrogens is 422 g/mol. The Bertz CT molecular complexity index is 998. The van der Waals surface area contributed by atoms with Gasteiger partial charge in [-0.25, -0.2) is 0 Å². The number of anilines is 1. The zero-order valence-corrected chi connectivity index (χ0v) is 19.6. The molecule has 2 amide bonds. The lowest BCUT2D eigenvalue weighted by Gasteiger charge is -2.56. The lowest BCUT2D eigenvalue weighted by atomic mass is 9.53. The molecule has 0 saturated heterocycles. The molecule has 32 heavy (non-hydrogen) atoms. The van der Waals surface area contributed by atoms with Crippen LogP contribution in [0.4, 0.5) is 5.69 Å². The Morgan fingerprint density at radius 1 is 1.06 bits per heavy atom. The van der Waals surface area contributed by atoms with Gasteiger partial charge in [-0.05, 0) is 74.8 Å². The third-order valence-corrected chi connectivity index (χ3v) is 8.46. The zero-order chi connectivity index (χ0) is 22.3. The molecule has 7 nitrogen and oxygen atoms in total. The van der Waals surface area contributed by atoms with Gasteiger partial charge >= 0.3 is 0 Å². The fourth-order valence-electron chi connectivity index (χ4n) is 6.40. The molecule has 1 heterocycles. The van der Waals surface area contributed by atoms with Crippen molar-refractivity contribution in [2.24, 2.45) is 24.8 Å². The summed E-state index contributed by atoms with van der Waals surface area (Å²) in [5.41, 5.74) is 1.85. The van der Waals surface area contributed by atoms with Gasteiger partial charge in [0.05, 0.1) is 12.2 Å². The summed E-state index contributed by atoms with van der Waals surface area (Å²) in [5, 5.41) is 15.4. The summed E-state index contributed by atoms with van der Waals surface area (Å²) in [6.45, 7) is 1.96. The minimum Gasteiger partial charge on any atom is -0.350 e. The van der Waals surface area contributed by atoms with Gasteiger partial charge in [0.15, 0.2) is 5.16 Å². The van der Waals surface area contributed by atoms with E-state index in [1.165, 1.54) is 31.0 Å². The van der Waals surface area contributed by atoms with E-state index in [2.05, 4.69) is 20.8 Å². The molecule has 6 rings (SSSR count). The maximum Gasteiger partial charge on any atom is 0.232 e. The van der Waals surface area contributed by atoms with E-state index in [0.717, 1.165) is 48.3 Å². The van der Waals surface area contributed by atoms with Gasteiger partial charge in [0.25, 0.3) is 0 Å². The van der Waals surface area contributed by atoms with Crippen molar-refractivity contribution in [1.29, 1.82) is 0 Å². The molecule has 1 aromatic heterocycles. The topological polar surface area (TPSA) is 88.9 Å². The van der Waals surface area contributed by atoms with Gasteiger partial charge in [0.1, 0.15) is 5.82 Å². The monoisotopic (exact) mass is 453 g/mol. The first-order valence-corrected chi connectivity index (χ1v) is 12.6. The molecular formula is C24H31N5O2S. The van der Waals surface area contributed by atoms with Crippen LogP contribution in [0.25, 0.3) is 0 Å². The van der Waals surface area contributed by atoms with Crippen molar-refractivity contribution < 1.29 is 9.59 Å². The molecule has 4 fully saturated rings. The first kappa shape index (κ1) is 21.5. The standard InChI is InChI=1S/C24H31N5O2S/c1-15-5-3-4-6-19(15)25-21(30)10-20-27-28-23(29(20)2)32-14-22(31)26-24-11-16-7-17(12-24)9-18(8-16)13-24/h3-6,16-18H,7-14H2,1-2H3,(H,25,30)(H,26,31). The van der Waals surface area contributed by atoms with Crippen LogP contribution in [0.5, 0.6) is 0 Å². The maximum atomic E-state index is 12.8. The lowest BCUT2D eigenvalue weighted by Crippen LogP contribution is -2.60. The predicted octanol–water partition coefficient (Wildman–Crippen LogP) is 3.48. The van der Waals surface area contributed by atoms with Crippen LogP contribution in [0, 0.1) is 24.7 Å². The van der Waals surface area contributed by atoms with Crippen molar-refractivity contribution >= 4 is 29.3 Å². The maximum absolute atomic E-state index is 12.8. The van der Waals surface area contributed by atoms with Crippen LogP contribution < -0.4 is 10.6 Å². The number of nitrogens with zero attached hydrogens (tertiary/aromatic N) is 3. The first-order chi connectivity index (χ1) is 15.4. The summed E-state index contributed by atoms with van der Waals surface area (Å²) in [6, 6.07) is 7.68. The van der Waals surface area contributed by atoms with Crippen molar-refractivity contribution in [3.05, 3.63) is 35.7 Å². The van der Waals surface area contributed by atoms with E-state index in [1.54, 1.807) is 4.57 Å². The van der Waals surface area contributed by atoms with Gasteiger partial charge in [0.2, 0.25) is 11.8 Å². The number of aromatic nitrogens is 3. The second-order valence-electron chi connectivity index (χ2n) is 10.0. The highest BCUT2D eigenvalue weighted by molar-refractivity contribution is 7.99. The minimum absolute atomic E-state index is 0.0328. The summed E-state index contributed by atoms with van der Waals surface area (Å²) in [6.07, 6.45) is 7.69. The molecule has 2 aromatic rings. The van der Waals surface area contributed by atoms with Crippen LogP contribution in [-0.2, 0) is 23.1 Å². The van der Waals surface area contributed by atoms with E-state index in [1.807, 2.05) is 38.2 Å². The largest absolute Gasteiger partial charge is 0.350 e. The van der Waals surface area contributed by atoms with E-state index in [4.69, 9.17) is 0 Å². The molecule has 8 heteroatoms. The molecule has 0 atom stereocenters. The van der Waals surface area contributed by atoms with Crippen molar-refractivity contribution in [1.82, 2.24) is 20.1 Å². The van der Waals surface area contributed by atoms with Gasteiger partial charge in [-0.2, -0.15) is 0 Å². The number of hydrogen-bond donors (Lipinski definition) is 2. The number of hydrogen-bond acceptors (Lipinski definition) is 5. The number of carbonyl (C=O) groups excluding carboxylic acids is 2. The molecule has 0 radical (unpaired) electrons. The Kier molecular flexibility index (Phi) is 5.73. The summed E-state index contributed by atoms with van der Waals surface area (Å²) < 4.78 is 1.81. The summed E-state index contributed by atoms with van der Waals surface area (Å²) in [5.74, 6) is 3.28. The molecule has 4 saturated carbocycles. The number of nitrogens with one attached hydrogen (secondary N) is 2. The minimum atomic E-state index is -0.133. The number of thioether (sulfide) groups is 1. The van der Waals surface area contributed by atoms with Crippen LogP contribution >= 0.6 is 11.8 Å². The second kappa shape index (κ2) is 8.54. The van der Waals surface area contributed by atoms with Gasteiger partial charge < -0.3 is 15.2 Å². The Balaban J connectivity index is 1.14. The van der Waals surface area contributed by atoms with Crippen LogP contribution in [0.2, 0.25) is 0 Å². The van der Waals surface area contributed by atoms with Crippen molar-refractivity contribution in [2.75, 3.05) is 11.1 Å². The molecule has 170 valence electrons. The van der Waals surface area contributed by atoms with E-state index < -0.39 is 0 Å². The fraction of sp³-hybridized carbons (Fsp3) is 0.583. The normalized spacial score (nSPS) is 28.0. The summed E-state index contributed by atoms with van der Waals surface area (Å²) in [4.78, 5) is 25.2. The van der Waals surface area contributed by atoms with Crippen LogP contribution in [0.3, 0.4) is 0 Å². The SMILES string of the molecule is Cc1ccccc1NC(=O)Cc1nnc(SCC(=O)NC23CC4CC(CC(C4)C2)C3)n1C. The number of rotatable bonds is 7. The molecule has 4 aliphatic rings. The highest BCUT2D eigenvalue weighted by Crippen LogP contribution is 2.55. The van der Waals surface area contributed by atoms with E-state index in [9.17, 15) is 9.59 Å². The first-order valence-electron chi connectivity index (χ1n) is 11.6. The average molecular weight is 454 g/mol. The van der Waals surface area contributed by atoms with Gasteiger partial charge in [-0.1, -0.05) is 30.0 Å². The number of para-hydroxylation sites is 1. The van der Waals surface area contributed by atoms with E-state index in [-0.39, 0.29) is 23.8 Å². The molecule has 0 unspecified atom stereocenters. The van der Waals surface area contributed by atoms with E-state index in [0.29, 0.717) is 16.7 Å². The molecule has 4 aliphatic carbocycles. The average Bonchev–Trinajstić information content (AvgIpc) is 3.06. The van der Waals surface area contributed by atoms with Crippen LogP contribution in [-0.4, -0.2) is 37.9 Å². The number of aryl methyl sites for hydroxylation is 1. The quantitative estimate of drug-likeness (QED) is 0.627. The number of carbonyl (C=O) groups is 2. The zero-order valence-electron chi connectivity index (χ0n) is 18.8. The molecule has 0 spiro atoms. The third kappa shape index (κ3) is 4.42. The highest BCUT2D eigenvalue weighted by atomic mass is 32.2. The van der Waals surface area contributed by atoms with Crippen LogP contribution in [0.1, 0.15) is 49.9 Å². The Morgan fingerprint density at radius 2 is 1.72 bits per heavy atom. The van der Waals surface area contributed by atoms with Crippen LogP contribution in [0.15, 0.2) is 29.4 Å². The smallest absolute Gasteiger partial charge is 0.232 e. The molecule has 4 bridgehead atoms. The van der Waals surface area contributed by atoms with Crippen molar-refractivity contribution in [3.63, 3.8) is 0 Å². The van der Waals surface area contributed by atoms with Gasteiger partial charge in [0, 0.05) is 18.3 Å². The lowest BCUT2D eigenvalue weighted by molar-refractivity contribution is -0.124. The van der Waals surface area contributed by atoms with Crippen molar-refractivity contribution in [2.45, 2.75) is 62.6 Å². The summed E-state index contributed by atoms with van der Waals surface area (Å²) in [7, 11) is 1.84.